The summed E-state index contributed by atoms with van der Waals surface area (Å²) >= 11 is 0. The van der Waals surface area contributed by atoms with E-state index < -0.39 is 0 Å². The summed E-state index contributed by atoms with van der Waals surface area (Å²) in [6, 6.07) is 27.3. The Labute approximate surface area is 180 Å². The van der Waals surface area contributed by atoms with Crippen molar-refractivity contribution in [3.63, 3.8) is 0 Å². The number of carbonyl (C=O) groups excluding carboxylic acids is 1. The van der Waals surface area contributed by atoms with Crippen molar-refractivity contribution in [3.05, 3.63) is 96.1 Å². The van der Waals surface area contributed by atoms with E-state index in [4.69, 9.17) is 4.74 Å². The molecule has 1 aromatic heterocycles. The van der Waals surface area contributed by atoms with E-state index in [0.29, 0.717) is 18.8 Å². The van der Waals surface area contributed by atoms with Gasteiger partial charge in [-0.15, -0.1) is 0 Å². The molecule has 0 bridgehead atoms. The van der Waals surface area contributed by atoms with Crippen LogP contribution in [0.15, 0.2) is 84.9 Å². The van der Waals surface area contributed by atoms with Gasteiger partial charge in [-0.3, -0.25) is 9.89 Å². The SMILES string of the molecule is O=C1Nc2ccccc2CC1Nc1cc(-c2ccc(OCc3ccccc3)cc2)[nH]n1. The first-order valence-corrected chi connectivity index (χ1v) is 10.2. The molecule has 1 aliphatic rings. The lowest BCUT2D eigenvalue weighted by Gasteiger charge is -2.25. The van der Waals surface area contributed by atoms with Crippen LogP contribution in [0.1, 0.15) is 11.1 Å². The summed E-state index contributed by atoms with van der Waals surface area (Å²) in [5.41, 5.74) is 4.98. The lowest BCUT2D eigenvalue weighted by Crippen LogP contribution is -2.40. The number of benzene rings is 3. The molecule has 3 aromatic carbocycles. The molecule has 0 fully saturated rings. The molecule has 0 aliphatic carbocycles. The van der Waals surface area contributed by atoms with Crippen LogP contribution in [0, 0.1) is 0 Å². The van der Waals surface area contributed by atoms with Crippen LogP contribution in [0.2, 0.25) is 0 Å². The maximum atomic E-state index is 12.4. The van der Waals surface area contributed by atoms with Crippen molar-refractivity contribution in [2.45, 2.75) is 19.1 Å². The highest BCUT2D eigenvalue weighted by Crippen LogP contribution is 2.26. The maximum absolute atomic E-state index is 12.4. The van der Waals surface area contributed by atoms with E-state index in [1.54, 1.807) is 0 Å². The van der Waals surface area contributed by atoms with Crippen molar-refractivity contribution in [1.82, 2.24) is 10.2 Å². The number of fused-ring (bicyclic) bond motifs is 1. The molecule has 0 saturated carbocycles. The van der Waals surface area contributed by atoms with Gasteiger partial charge in [0.25, 0.3) is 0 Å². The van der Waals surface area contributed by atoms with Crippen LogP contribution in [0.5, 0.6) is 5.75 Å². The van der Waals surface area contributed by atoms with E-state index in [1.807, 2.05) is 84.9 Å². The minimum Gasteiger partial charge on any atom is -0.489 e. The predicted octanol–water partition coefficient (Wildman–Crippen LogP) is 4.63. The molecule has 0 saturated heterocycles. The summed E-state index contributed by atoms with van der Waals surface area (Å²) in [5.74, 6) is 1.39. The molecule has 0 radical (unpaired) electrons. The van der Waals surface area contributed by atoms with Crippen LogP contribution >= 0.6 is 0 Å². The highest BCUT2D eigenvalue weighted by Gasteiger charge is 2.26. The smallest absolute Gasteiger partial charge is 0.247 e. The molecule has 154 valence electrons. The van der Waals surface area contributed by atoms with Gasteiger partial charge in [-0.05, 0) is 47.0 Å². The van der Waals surface area contributed by atoms with Crippen molar-refractivity contribution in [1.29, 1.82) is 0 Å². The first-order valence-electron chi connectivity index (χ1n) is 10.2. The van der Waals surface area contributed by atoms with Gasteiger partial charge in [0, 0.05) is 18.2 Å². The number of hydrogen-bond acceptors (Lipinski definition) is 4. The van der Waals surface area contributed by atoms with E-state index in [2.05, 4.69) is 20.8 Å². The Bertz CT molecular complexity index is 1190. The minimum atomic E-state index is -0.361. The van der Waals surface area contributed by atoms with E-state index in [9.17, 15) is 4.79 Å². The number of para-hydroxylation sites is 1. The molecule has 1 aliphatic heterocycles. The predicted molar refractivity (Wildman–Crippen MR) is 121 cm³/mol. The number of aromatic amines is 1. The van der Waals surface area contributed by atoms with Crippen LogP contribution in [0.4, 0.5) is 11.5 Å². The van der Waals surface area contributed by atoms with Crippen molar-refractivity contribution in [2.24, 2.45) is 0 Å². The quantitative estimate of drug-likeness (QED) is 0.433. The Morgan fingerprint density at radius 2 is 1.74 bits per heavy atom. The highest BCUT2D eigenvalue weighted by molar-refractivity contribution is 5.99. The first kappa shape index (κ1) is 18.9. The maximum Gasteiger partial charge on any atom is 0.247 e. The van der Waals surface area contributed by atoms with E-state index in [0.717, 1.165) is 33.8 Å². The van der Waals surface area contributed by atoms with E-state index in [1.165, 1.54) is 0 Å². The van der Waals surface area contributed by atoms with Crippen molar-refractivity contribution in [2.75, 3.05) is 10.6 Å². The normalized spacial score (nSPS) is 15.1. The first-order chi connectivity index (χ1) is 15.2. The third-order valence-corrected chi connectivity index (χ3v) is 5.33. The summed E-state index contributed by atoms with van der Waals surface area (Å²) < 4.78 is 5.85. The number of aromatic nitrogens is 2. The van der Waals surface area contributed by atoms with Gasteiger partial charge in [0.15, 0.2) is 0 Å². The minimum absolute atomic E-state index is 0.0526. The topological polar surface area (TPSA) is 79.0 Å². The number of hydrogen-bond donors (Lipinski definition) is 3. The summed E-state index contributed by atoms with van der Waals surface area (Å²) in [5, 5.41) is 13.5. The number of rotatable bonds is 6. The second-order valence-corrected chi connectivity index (χ2v) is 7.51. The van der Waals surface area contributed by atoms with Crippen LogP contribution in [0.3, 0.4) is 0 Å². The Morgan fingerprint density at radius 3 is 2.58 bits per heavy atom. The van der Waals surface area contributed by atoms with Gasteiger partial charge in [0.1, 0.15) is 24.2 Å². The molecule has 1 amide bonds. The molecule has 0 spiro atoms. The average molecular weight is 410 g/mol. The summed E-state index contributed by atoms with van der Waals surface area (Å²) in [6.07, 6.45) is 0.623. The van der Waals surface area contributed by atoms with Gasteiger partial charge >= 0.3 is 0 Å². The number of carbonyl (C=O) groups is 1. The van der Waals surface area contributed by atoms with Crippen LogP contribution < -0.4 is 15.4 Å². The second kappa shape index (κ2) is 8.36. The molecule has 5 rings (SSSR count). The van der Waals surface area contributed by atoms with Crippen LogP contribution in [-0.4, -0.2) is 22.1 Å². The van der Waals surface area contributed by atoms with Gasteiger partial charge < -0.3 is 15.4 Å². The Kier molecular flexibility index (Phi) is 5.10. The fourth-order valence-electron chi connectivity index (χ4n) is 3.66. The lowest BCUT2D eigenvalue weighted by atomic mass is 9.99. The Hall–Kier alpha value is -4.06. The van der Waals surface area contributed by atoms with Crippen LogP contribution in [0.25, 0.3) is 11.3 Å². The number of nitrogens with zero attached hydrogens (tertiary/aromatic N) is 1. The third-order valence-electron chi connectivity index (χ3n) is 5.33. The zero-order valence-corrected chi connectivity index (χ0v) is 16.8. The molecular formula is C25H22N4O2. The average Bonchev–Trinajstić information content (AvgIpc) is 3.28. The molecule has 31 heavy (non-hydrogen) atoms. The highest BCUT2D eigenvalue weighted by atomic mass is 16.5. The van der Waals surface area contributed by atoms with Gasteiger partial charge in [-0.1, -0.05) is 48.5 Å². The lowest BCUT2D eigenvalue weighted by molar-refractivity contribution is -0.117. The number of H-pyrrole nitrogens is 1. The number of anilines is 2. The van der Waals surface area contributed by atoms with E-state index in [-0.39, 0.29) is 11.9 Å². The summed E-state index contributed by atoms with van der Waals surface area (Å²) in [6.45, 7) is 0.533. The van der Waals surface area contributed by atoms with Crippen molar-refractivity contribution in [3.8, 4) is 17.0 Å². The zero-order valence-electron chi connectivity index (χ0n) is 16.8. The molecule has 1 unspecified atom stereocenters. The molecule has 6 heteroatoms. The summed E-state index contributed by atoms with van der Waals surface area (Å²) in [7, 11) is 0. The fourth-order valence-corrected chi connectivity index (χ4v) is 3.66. The van der Waals surface area contributed by atoms with Crippen molar-refractivity contribution < 1.29 is 9.53 Å². The summed E-state index contributed by atoms with van der Waals surface area (Å²) in [4.78, 5) is 12.4. The largest absolute Gasteiger partial charge is 0.489 e. The molecular weight excluding hydrogens is 388 g/mol. The van der Waals surface area contributed by atoms with Crippen LogP contribution in [-0.2, 0) is 17.8 Å². The van der Waals surface area contributed by atoms with Crippen molar-refractivity contribution >= 4 is 17.4 Å². The molecule has 3 N–H and O–H groups in total. The third kappa shape index (κ3) is 4.28. The number of ether oxygens (including phenoxy) is 1. The van der Waals surface area contributed by atoms with Gasteiger partial charge in [-0.25, -0.2) is 0 Å². The number of amides is 1. The molecule has 2 heterocycles. The monoisotopic (exact) mass is 410 g/mol. The molecule has 6 nitrogen and oxygen atoms in total. The molecule has 1 atom stereocenters. The zero-order chi connectivity index (χ0) is 21.0. The van der Waals surface area contributed by atoms with Gasteiger partial charge in [0.05, 0.1) is 5.69 Å². The van der Waals surface area contributed by atoms with Gasteiger partial charge in [0.2, 0.25) is 5.91 Å². The molecule has 4 aromatic rings. The van der Waals surface area contributed by atoms with E-state index >= 15 is 0 Å². The Morgan fingerprint density at radius 1 is 0.968 bits per heavy atom. The Balaban J connectivity index is 1.23. The standard InChI is InChI=1S/C25H22N4O2/c30-25-23(14-19-8-4-5-9-21(19)27-25)26-24-15-22(28-29-24)18-10-12-20(13-11-18)31-16-17-6-2-1-3-7-17/h1-13,15,23H,14,16H2,(H,27,30)(H2,26,28,29). The number of nitrogens with one attached hydrogen (secondary N) is 3. The fraction of sp³-hybridized carbons (Fsp3) is 0.120. The second-order valence-electron chi connectivity index (χ2n) is 7.51. The van der Waals surface area contributed by atoms with Gasteiger partial charge in [-0.2, -0.15) is 5.10 Å².